The number of ether oxygens (including phenoxy) is 1. The molecule has 0 unspecified atom stereocenters. The van der Waals surface area contributed by atoms with Gasteiger partial charge in [-0.1, -0.05) is 6.07 Å². The molecule has 0 saturated carbocycles. The number of sulfone groups is 1. The summed E-state index contributed by atoms with van der Waals surface area (Å²) in [6, 6.07) is 6.35. The molecule has 0 heterocycles. The molecular formula is C13H21ClN2O4S. The Morgan fingerprint density at radius 3 is 2.62 bits per heavy atom. The summed E-state index contributed by atoms with van der Waals surface area (Å²) in [6.45, 7) is 0.935. The SMILES string of the molecule is CN(CCCOc1cccc(S(C)(=O)=O)c1)C(=O)CN.Cl. The summed E-state index contributed by atoms with van der Waals surface area (Å²) >= 11 is 0. The van der Waals surface area contributed by atoms with E-state index >= 15 is 0 Å². The summed E-state index contributed by atoms with van der Waals surface area (Å²) in [5, 5.41) is 0. The number of nitrogens with two attached hydrogens (primary N) is 1. The molecule has 1 amide bonds. The third-order valence-corrected chi connectivity index (χ3v) is 3.85. The van der Waals surface area contributed by atoms with Gasteiger partial charge < -0.3 is 15.4 Å². The first kappa shape index (κ1) is 19.7. The maximum atomic E-state index is 11.4. The third-order valence-electron chi connectivity index (χ3n) is 2.74. The largest absolute Gasteiger partial charge is 0.493 e. The van der Waals surface area contributed by atoms with Crippen LogP contribution in [0.5, 0.6) is 5.75 Å². The quantitative estimate of drug-likeness (QED) is 0.740. The molecule has 2 N–H and O–H groups in total. The summed E-state index contributed by atoms with van der Waals surface area (Å²) in [5.74, 6) is 0.379. The molecule has 0 saturated heterocycles. The number of likely N-dealkylation sites (N-methyl/N-ethyl adjacent to an activating group) is 1. The minimum Gasteiger partial charge on any atom is -0.493 e. The van der Waals surface area contributed by atoms with Crippen molar-refractivity contribution in [2.45, 2.75) is 11.3 Å². The lowest BCUT2D eigenvalue weighted by molar-refractivity contribution is -0.128. The Hall–Kier alpha value is -1.31. The second kappa shape index (κ2) is 8.86. The standard InChI is InChI=1S/C13H20N2O4S.ClH/c1-15(13(16)10-14)7-4-8-19-11-5-3-6-12(9-11)20(2,17)18;/h3,5-6,9H,4,7-8,10,14H2,1-2H3;1H. The zero-order valence-electron chi connectivity index (χ0n) is 12.1. The van der Waals surface area contributed by atoms with Gasteiger partial charge in [-0.15, -0.1) is 12.4 Å². The van der Waals surface area contributed by atoms with E-state index in [9.17, 15) is 13.2 Å². The predicted molar refractivity (Wildman–Crippen MR) is 83.6 cm³/mol. The lowest BCUT2D eigenvalue weighted by atomic mass is 10.3. The number of halogens is 1. The lowest BCUT2D eigenvalue weighted by Crippen LogP contribution is -2.33. The molecule has 6 nitrogen and oxygen atoms in total. The third kappa shape index (κ3) is 6.79. The summed E-state index contributed by atoms with van der Waals surface area (Å²) < 4.78 is 28.3. The van der Waals surface area contributed by atoms with E-state index in [1.54, 1.807) is 19.2 Å². The minimum atomic E-state index is -3.23. The van der Waals surface area contributed by atoms with Gasteiger partial charge in [-0.2, -0.15) is 0 Å². The first-order valence-electron chi connectivity index (χ1n) is 6.21. The van der Waals surface area contributed by atoms with E-state index < -0.39 is 9.84 Å². The van der Waals surface area contributed by atoms with Crippen LogP contribution >= 0.6 is 12.4 Å². The molecule has 0 spiro atoms. The average molecular weight is 337 g/mol. The van der Waals surface area contributed by atoms with Gasteiger partial charge >= 0.3 is 0 Å². The number of carbonyl (C=O) groups is 1. The van der Waals surface area contributed by atoms with Crippen LogP contribution in [-0.4, -0.2) is 52.2 Å². The summed E-state index contributed by atoms with van der Waals surface area (Å²) in [5.41, 5.74) is 5.25. The fourth-order valence-electron chi connectivity index (χ4n) is 1.57. The molecule has 8 heteroatoms. The Labute approximate surface area is 131 Å². The second-order valence-electron chi connectivity index (χ2n) is 4.47. The lowest BCUT2D eigenvalue weighted by Gasteiger charge is -2.16. The zero-order chi connectivity index (χ0) is 15.2. The summed E-state index contributed by atoms with van der Waals surface area (Å²) in [7, 11) is -1.55. The van der Waals surface area contributed by atoms with Crippen molar-refractivity contribution in [3.05, 3.63) is 24.3 Å². The molecule has 0 aliphatic carbocycles. The Kier molecular flexibility index (Phi) is 8.31. The molecule has 0 radical (unpaired) electrons. The van der Waals surface area contributed by atoms with E-state index in [0.29, 0.717) is 25.3 Å². The topological polar surface area (TPSA) is 89.7 Å². The van der Waals surface area contributed by atoms with E-state index in [-0.39, 0.29) is 29.8 Å². The van der Waals surface area contributed by atoms with Gasteiger partial charge in [-0.05, 0) is 24.6 Å². The maximum Gasteiger partial charge on any atom is 0.236 e. The smallest absolute Gasteiger partial charge is 0.236 e. The van der Waals surface area contributed by atoms with Gasteiger partial charge in [0.15, 0.2) is 9.84 Å². The van der Waals surface area contributed by atoms with E-state index in [1.807, 2.05) is 0 Å². The number of hydrogen-bond acceptors (Lipinski definition) is 5. The second-order valence-corrected chi connectivity index (χ2v) is 6.48. The van der Waals surface area contributed by atoms with Crippen LogP contribution in [0.2, 0.25) is 0 Å². The molecular weight excluding hydrogens is 316 g/mol. The van der Waals surface area contributed by atoms with Gasteiger partial charge in [0.05, 0.1) is 18.0 Å². The molecule has 1 aromatic rings. The molecule has 1 rings (SSSR count). The van der Waals surface area contributed by atoms with Gasteiger partial charge in [0.25, 0.3) is 0 Å². The first-order valence-corrected chi connectivity index (χ1v) is 8.10. The van der Waals surface area contributed by atoms with E-state index in [0.717, 1.165) is 6.26 Å². The van der Waals surface area contributed by atoms with Crippen molar-refractivity contribution in [3.8, 4) is 5.75 Å². The molecule has 0 fully saturated rings. The van der Waals surface area contributed by atoms with E-state index in [1.165, 1.54) is 17.0 Å². The Morgan fingerprint density at radius 2 is 2.05 bits per heavy atom. The number of carbonyl (C=O) groups excluding carboxylic acids is 1. The van der Waals surface area contributed by atoms with Gasteiger partial charge in [0, 0.05) is 19.8 Å². The van der Waals surface area contributed by atoms with Crippen LogP contribution in [0.25, 0.3) is 0 Å². The van der Waals surface area contributed by atoms with Crippen LogP contribution in [0.3, 0.4) is 0 Å². The van der Waals surface area contributed by atoms with E-state index in [2.05, 4.69) is 0 Å². The molecule has 0 aliphatic heterocycles. The van der Waals surface area contributed by atoms with Crippen LogP contribution in [0.15, 0.2) is 29.2 Å². The molecule has 0 atom stereocenters. The zero-order valence-corrected chi connectivity index (χ0v) is 13.7. The minimum absolute atomic E-state index is 0. The highest BCUT2D eigenvalue weighted by Gasteiger charge is 2.08. The molecule has 1 aromatic carbocycles. The molecule has 0 aliphatic rings. The highest BCUT2D eigenvalue weighted by atomic mass is 35.5. The van der Waals surface area contributed by atoms with Crippen molar-refractivity contribution in [1.82, 2.24) is 4.90 Å². The van der Waals surface area contributed by atoms with Crippen molar-refractivity contribution in [3.63, 3.8) is 0 Å². The Bertz CT molecular complexity index is 563. The predicted octanol–water partition coefficient (Wildman–Crippen LogP) is 0.698. The van der Waals surface area contributed by atoms with Crippen LogP contribution in [0.1, 0.15) is 6.42 Å². The first-order chi connectivity index (χ1) is 9.34. The Balaban J connectivity index is 0.00000400. The molecule has 120 valence electrons. The maximum absolute atomic E-state index is 11.4. The van der Waals surface area contributed by atoms with Crippen LogP contribution in [-0.2, 0) is 14.6 Å². The van der Waals surface area contributed by atoms with Crippen molar-refractivity contribution in [1.29, 1.82) is 0 Å². The highest BCUT2D eigenvalue weighted by Crippen LogP contribution is 2.17. The van der Waals surface area contributed by atoms with Gasteiger partial charge in [0.2, 0.25) is 5.91 Å². The number of amides is 1. The molecule has 21 heavy (non-hydrogen) atoms. The van der Waals surface area contributed by atoms with Gasteiger partial charge in [0.1, 0.15) is 5.75 Å². The van der Waals surface area contributed by atoms with Crippen LogP contribution in [0.4, 0.5) is 0 Å². The molecule has 0 aromatic heterocycles. The summed E-state index contributed by atoms with van der Waals surface area (Å²) in [6.07, 6.45) is 1.80. The fourth-order valence-corrected chi connectivity index (χ4v) is 2.22. The van der Waals surface area contributed by atoms with Gasteiger partial charge in [-0.3, -0.25) is 4.79 Å². The van der Waals surface area contributed by atoms with E-state index in [4.69, 9.17) is 10.5 Å². The highest BCUT2D eigenvalue weighted by molar-refractivity contribution is 7.90. The number of hydrogen-bond donors (Lipinski definition) is 1. The number of rotatable bonds is 7. The van der Waals surface area contributed by atoms with Crippen molar-refractivity contribution >= 4 is 28.2 Å². The van der Waals surface area contributed by atoms with Crippen molar-refractivity contribution in [2.75, 3.05) is 33.0 Å². The normalized spacial score (nSPS) is 10.6. The number of benzene rings is 1. The van der Waals surface area contributed by atoms with Crippen LogP contribution < -0.4 is 10.5 Å². The molecule has 0 bridgehead atoms. The monoisotopic (exact) mass is 336 g/mol. The fraction of sp³-hybridized carbons (Fsp3) is 0.462. The van der Waals surface area contributed by atoms with Crippen LogP contribution in [0, 0.1) is 0 Å². The van der Waals surface area contributed by atoms with Crippen molar-refractivity contribution in [2.24, 2.45) is 5.73 Å². The van der Waals surface area contributed by atoms with Gasteiger partial charge in [-0.25, -0.2) is 8.42 Å². The Morgan fingerprint density at radius 1 is 1.38 bits per heavy atom. The summed E-state index contributed by atoms with van der Waals surface area (Å²) in [4.78, 5) is 13.0. The van der Waals surface area contributed by atoms with Crippen molar-refractivity contribution < 1.29 is 17.9 Å². The number of nitrogens with zero attached hydrogens (tertiary/aromatic N) is 1. The average Bonchev–Trinajstić information content (AvgIpc) is 2.41.